The quantitative estimate of drug-likeness (QED) is 0.614. The maximum absolute atomic E-state index is 10.0. The molecule has 3 aromatic rings. The van der Waals surface area contributed by atoms with Gasteiger partial charge in [0.1, 0.15) is 18.2 Å². The molecule has 2 N–H and O–H groups in total. The van der Waals surface area contributed by atoms with Crippen molar-refractivity contribution in [2.24, 2.45) is 5.92 Å². The standard InChI is InChI=1S/C22H27N3O2/c1-15(2)4-7-18(26)14-27-19-8-10-20-16(12-19)5-9-21(25-20)17-6-11-22(23-3)24-13-17/h5-6,8-13,15,18,26H,4,7,14H2,1-3H3,(H,23,24). The highest BCUT2D eigenvalue weighted by atomic mass is 16.5. The van der Waals surface area contributed by atoms with Crippen LogP contribution >= 0.6 is 0 Å². The number of pyridine rings is 2. The first-order valence-corrected chi connectivity index (χ1v) is 9.41. The highest BCUT2D eigenvalue weighted by Gasteiger charge is 2.08. The number of fused-ring (bicyclic) bond motifs is 1. The Morgan fingerprint density at radius 3 is 2.63 bits per heavy atom. The highest BCUT2D eigenvalue weighted by molar-refractivity contribution is 5.82. The van der Waals surface area contributed by atoms with Crippen molar-refractivity contribution in [2.45, 2.75) is 32.8 Å². The second kappa shape index (κ2) is 8.82. The predicted molar refractivity (Wildman–Crippen MR) is 110 cm³/mol. The molecule has 0 fully saturated rings. The van der Waals surface area contributed by atoms with Gasteiger partial charge in [-0.3, -0.25) is 0 Å². The number of nitrogens with one attached hydrogen (secondary N) is 1. The zero-order valence-electron chi connectivity index (χ0n) is 16.1. The van der Waals surface area contributed by atoms with Crippen molar-refractivity contribution in [3.8, 4) is 17.0 Å². The third-order valence-electron chi connectivity index (χ3n) is 4.50. The number of nitrogens with zero attached hydrogens (tertiary/aromatic N) is 2. The number of aromatic nitrogens is 2. The maximum Gasteiger partial charge on any atom is 0.125 e. The van der Waals surface area contributed by atoms with Gasteiger partial charge in [0, 0.05) is 24.2 Å². The molecule has 1 atom stereocenters. The molecule has 2 heterocycles. The summed E-state index contributed by atoms with van der Waals surface area (Å²) in [5.41, 5.74) is 2.76. The molecule has 3 rings (SSSR count). The molecule has 0 saturated carbocycles. The van der Waals surface area contributed by atoms with Gasteiger partial charge in [0.15, 0.2) is 0 Å². The van der Waals surface area contributed by atoms with Crippen LogP contribution in [0.2, 0.25) is 0 Å². The number of rotatable bonds is 8. The normalized spacial score (nSPS) is 12.3. The minimum Gasteiger partial charge on any atom is -0.491 e. The van der Waals surface area contributed by atoms with Crippen LogP contribution in [0, 0.1) is 5.92 Å². The second-order valence-corrected chi connectivity index (χ2v) is 7.17. The number of aliphatic hydroxyl groups is 1. The Hall–Kier alpha value is -2.66. The molecular formula is C22H27N3O2. The molecular weight excluding hydrogens is 338 g/mol. The van der Waals surface area contributed by atoms with Crippen LogP contribution in [-0.2, 0) is 0 Å². The van der Waals surface area contributed by atoms with Crippen LogP contribution in [0.5, 0.6) is 5.75 Å². The monoisotopic (exact) mass is 365 g/mol. The molecule has 0 aliphatic rings. The van der Waals surface area contributed by atoms with Gasteiger partial charge in [-0.15, -0.1) is 0 Å². The van der Waals surface area contributed by atoms with Gasteiger partial charge in [0.2, 0.25) is 0 Å². The summed E-state index contributed by atoms with van der Waals surface area (Å²) in [4.78, 5) is 9.06. The van der Waals surface area contributed by atoms with Crippen LogP contribution in [0.3, 0.4) is 0 Å². The average Bonchev–Trinajstić information content (AvgIpc) is 2.70. The number of hydrogen-bond acceptors (Lipinski definition) is 5. The summed E-state index contributed by atoms with van der Waals surface area (Å²) in [7, 11) is 1.85. The fraction of sp³-hybridized carbons (Fsp3) is 0.364. The fourth-order valence-corrected chi connectivity index (χ4v) is 2.85. The van der Waals surface area contributed by atoms with Crippen molar-refractivity contribution >= 4 is 16.7 Å². The lowest BCUT2D eigenvalue weighted by Crippen LogP contribution is -2.18. The van der Waals surface area contributed by atoms with Crippen molar-refractivity contribution in [1.29, 1.82) is 0 Å². The van der Waals surface area contributed by atoms with Crippen LogP contribution in [0.1, 0.15) is 26.7 Å². The Labute approximate surface area is 160 Å². The molecule has 1 unspecified atom stereocenters. The van der Waals surface area contributed by atoms with Gasteiger partial charge in [0.05, 0.1) is 17.3 Å². The zero-order chi connectivity index (χ0) is 19.2. The molecule has 0 bridgehead atoms. The number of hydrogen-bond donors (Lipinski definition) is 2. The molecule has 0 saturated heterocycles. The zero-order valence-corrected chi connectivity index (χ0v) is 16.1. The number of ether oxygens (including phenoxy) is 1. The van der Waals surface area contributed by atoms with Crippen molar-refractivity contribution < 1.29 is 9.84 Å². The Morgan fingerprint density at radius 1 is 1.07 bits per heavy atom. The van der Waals surface area contributed by atoms with Crippen molar-refractivity contribution in [3.63, 3.8) is 0 Å². The van der Waals surface area contributed by atoms with Crippen molar-refractivity contribution in [3.05, 3.63) is 48.7 Å². The first-order chi connectivity index (χ1) is 13.0. The lowest BCUT2D eigenvalue weighted by Gasteiger charge is -2.14. The summed E-state index contributed by atoms with van der Waals surface area (Å²) >= 11 is 0. The molecule has 27 heavy (non-hydrogen) atoms. The van der Waals surface area contributed by atoms with Gasteiger partial charge in [-0.25, -0.2) is 9.97 Å². The molecule has 2 aromatic heterocycles. The molecule has 142 valence electrons. The third-order valence-corrected chi connectivity index (χ3v) is 4.50. The van der Waals surface area contributed by atoms with E-state index in [1.165, 1.54) is 0 Å². The van der Waals surface area contributed by atoms with Gasteiger partial charge < -0.3 is 15.2 Å². The summed E-state index contributed by atoms with van der Waals surface area (Å²) in [6.07, 6.45) is 3.14. The second-order valence-electron chi connectivity index (χ2n) is 7.17. The Bertz CT molecular complexity index is 878. The third kappa shape index (κ3) is 5.17. The van der Waals surface area contributed by atoms with Gasteiger partial charge in [-0.2, -0.15) is 0 Å². The maximum atomic E-state index is 10.0. The van der Waals surface area contributed by atoms with E-state index in [1.54, 1.807) is 0 Å². The molecule has 0 amide bonds. The molecule has 0 aliphatic carbocycles. The van der Waals surface area contributed by atoms with Crippen LogP contribution in [-0.4, -0.2) is 34.8 Å². The summed E-state index contributed by atoms with van der Waals surface area (Å²) in [6, 6.07) is 13.8. The van der Waals surface area contributed by atoms with E-state index < -0.39 is 6.10 Å². The lowest BCUT2D eigenvalue weighted by molar-refractivity contribution is 0.0951. The van der Waals surface area contributed by atoms with Crippen molar-refractivity contribution in [2.75, 3.05) is 19.0 Å². The molecule has 5 nitrogen and oxygen atoms in total. The number of anilines is 1. The largest absolute Gasteiger partial charge is 0.491 e. The SMILES string of the molecule is CNc1ccc(-c2ccc3cc(OCC(O)CCC(C)C)ccc3n2)cn1. The van der Waals surface area contributed by atoms with Gasteiger partial charge in [0.25, 0.3) is 0 Å². The van der Waals surface area contributed by atoms with E-state index in [9.17, 15) is 5.11 Å². The number of benzene rings is 1. The molecule has 0 spiro atoms. The van der Waals surface area contributed by atoms with E-state index in [1.807, 2.05) is 55.7 Å². The first kappa shape index (κ1) is 19.1. The smallest absolute Gasteiger partial charge is 0.125 e. The molecule has 0 aliphatic heterocycles. The predicted octanol–water partition coefficient (Wildman–Crippen LogP) is 4.51. The van der Waals surface area contributed by atoms with E-state index in [2.05, 4.69) is 24.1 Å². The first-order valence-electron chi connectivity index (χ1n) is 9.41. The topological polar surface area (TPSA) is 67.3 Å². The molecule has 1 aromatic carbocycles. The fourth-order valence-electron chi connectivity index (χ4n) is 2.85. The summed E-state index contributed by atoms with van der Waals surface area (Å²) in [6.45, 7) is 4.62. The van der Waals surface area contributed by atoms with E-state index in [0.717, 1.165) is 46.6 Å². The van der Waals surface area contributed by atoms with E-state index in [-0.39, 0.29) is 0 Å². The molecule has 0 radical (unpaired) electrons. The van der Waals surface area contributed by atoms with Gasteiger partial charge >= 0.3 is 0 Å². The Kier molecular flexibility index (Phi) is 6.24. The summed E-state index contributed by atoms with van der Waals surface area (Å²) < 4.78 is 5.75. The Balaban J connectivity index is 1.69. The summed E-state index contributed by atoms with van der Waals surface area (Å²) in [5, 5.41) is 14.0. The minimum atomic E-state index is -0.434. The minimum absolute atomic E-state index is 0.313. The summed E-state index contributed by atoms with van der Waals surface area (Å²) in [5.74, 6) is 2.17. The van der Waals surface area contributed by atoms with Crippen LogP contribution < -0.4 is 10.1 Å². The van der Waals surface area contributed by atoms with Crippen molar-refractivity contribution in [1.82, 2.24) is 9.97 Å². The van der Waals surface area contributed by atoms with Crippen LogP contribution in [0.4, 0.5) is 5.82 Å². The van der Waals surface area contributed by atoms with Gasteiger partial charge in [-0.1, -0.05) is 19.9 Å². The average molecular weight is 365 g/mol. The highest BCUT2D eigenvalue weighted by Crippen LogP contribution is 2.24. The Morgan fingerprint density at radius 2 is 1.93 bits per heavy atom. The number of aliphatic hydroxyl groups excluding tert-OH is 1. The van der Waals surface area contributed by atoms with E-state index in [4.69, 9.17) is 9.72 Å². The van der Waals surface area contributed by atoms with E-state index >= 15 is 0 Å². The van der Waals surface area contributed by atoms with Gasteiger partial charge in [-0.05, 0) is 55.2 Å². The lowest BCUT2D eigenvalue weighted by atomic mass is 10.1. The van der Waals surface area contributed by atoms with Crippen LogP contribution in [0.15, 0.2) is 48.7 Å². The van der Waals surface area contributed by atoms with E-state index in [0.29, 0.717) is 12.5 Å². The van der Waals surface area contributed by atoms with Crippen LogP contribution in [0.25, 0.3) is 22.2 Å². The molecule has 5 heteroatoms.